The van der Waals surface area contributed by atoms with Gasteiger partial charge in [-0.1, -0.05) is 12.1 Å². The second-order valence-corrected chi connectivity index (χ2v) is 3.65. The lowest BCUT2D eigenvalue weighted by Gasteiger charge is -2.11. The Morgan fingerprint density at radius 3 is 2.47 bits per heavy atom. The van der Waals surface area contributed by atoms with Crippen LogP contribution < -0.4 is 0 Å². The number of alkyl halides is 3. The summed E-state index contributed by atoms with van der Waals surface area (Å²) in [4.78, 5) is 0. The number of benzene rings is 1. The van der Waals surface area contributed by atoms with Gasteiger partial charge in [0.2, 0.25) is 0 Å². The highest BCUT2D eigenvalue weighted by atomic mass is 19.4. The molecule has 2 aromatic rings. The average Bonchev–Trinajstić information content (AvgIpc) is 2.65. The van der Waals surface area contributed by atoms with Crippen molar-refractivity contribution >= 4 is 0 Å². The third-order valence-corrected chi connectivity index (χ3v) is 2.36. The van der Waals surface area contributed by atoms with Crippen molar-refractivity contribution in [2.75, 3.05) is 0 Å². The van der Waals surface area contributed by atoms with E-state index in [1.165, 1.54) is 30.5 Å². The summed E-state index contributed by atoms with van der Waals surface area (Å²) in [5.41, 5.74) is -0.242. The van der Waals surface area contributed by atoms with E-state index in [2.05, 4.69) is 0 Å². The minimum atomic E-state index is -4.39. The number of hydrogen-bond donors (Lipinski definition) is 0. The van der Waals surface area contributed by atoms with Crippen LogP contribution in [0.4, 0.5) is 17.6 Å². The fraction of sp³-hybridized carbons (Fsp3) is 0.167. The van der Waals surface area contributed by atoms with Gasteiger partial charge in [-0.05, 0) is 29.8 Å². The maximum atomic E-state index is 12.9. The molecule has 1 nitrogen and oxygen atoms in total. The number of aromatic nitrogens is 1. The number of rotatable bonds is 2. The molecule has 0 aliphatic heterocycles. The molecule has 17 heavy (non-hydrogen) atoms. The Balaban J connectivity index is 2.28. The Morgan fingerprint density at radius 1 is 1.06 bits per heavy atom. The molecule has 0 unspecified atom stereocenters. The highest BCUT2D eigenvalue weighted by Crippen LogP contribution is 2.29. The summed E-state index contributed by atoms with van der Waals surface area (Å²) in [6, 6.07) is 7.86. The Labute approximate surface area is 95.3 Å². The Morgan fingerprint density at radius 2 is 1.82 bits per heavy atom. The molecule has 0 aliphatic carbocycles. The van der Waals surface area contributed by atoms with Gasteiger partial charge in [0.25, 0.3) is 0 Å². The lowest BCUT2D eigenvalue weighted by atomic mass is 10.2. The lowest BCUT2D eigenvalue weighted by Crippen LogP contribution is -2.13. The van der Waals surface area contributed by atoms with E-state index in [0.717, 1.165) is 10.6 Å². The molecule has 0 bridgehead atoms. The topological polar surface area (TPSA) is 4.93 Å². The lowest BCUT2D eigenvalue weighted by molar-refractivity contribution is -0.143. The first-order valence-corrected chi connectivity index (χ1v) is 4.93. The van der Waals surface area contributed by atoms with Gasteiger partial charge in [-0.3, -0.25) is 0 Å². The van der Waals surface area contributed by atoms with Crippen LogP contribution in [0.2, 0.25) is 0 Å². The van der Waals surface area contributed by atoms with E-state index in [1.807, 2.05) is 0 Å². The Kier molecular flexibility index (Phi) is 2.92. The molecule has 1 aromatic heterocycles. The van der Waals surface area contributed by atoms with Gasteiger partial charge >= 0.3 is 6.18 Å². The van der Waals surface area contributed by atoms with Gasteiger partial charge in [0.05, 0.1) is 0 Å². The van der Waals surface area contributed by atoms with Crippen molar-refractivity contribution in [1.29, 1.82) is 0 Å². The van der Waals surface area contributed by atoms with Gasteiger partial charge < -0.3 is 4.57 Å². The number of halogens is 4. The summed E-state index contributed by atoms with van der Waals surface area (Å²) in [5, 5.41) is 0. The van der Waals surface area contributed by atoms with Crippen molar-refractivity contribution in [2.45, 2.75) is 12.7 Å². The molecule has 0 fully saturated rings. The smallest absolute Gasteiger partial charge is 0.340 e. The van der Waals surface area contributed by atoms with Crippen LogP contribution in [0.25, 0.3) is 0 Å². The van der Waals surface area contributed by atoms with Crippen LogP contribution in [0.1, 0.15) is 11.3 Å². The highest BCUT2D eigenvalue weighted by molar-refractivity contribution is 5.19. The van der Waals surface area contributed by atoms with E-state index in [9.17, 15) is 17.6 Å². The molecule has 0 saturated carbocycles. The van der Waals surface area contributed by atoms with Gasteiger partial charge in [-0.15, -0.1) is 0 Å². The van der Waals surface area contributed by atoms with Gasteiger partial charge in [0.15, 0.2) is 0 Å². The van der Waals surface area contributed by atoms with Crippen molar-refractivity contribution in [3.8, 4) is 0 Å². The summed E-state index contributed by atoms with van der Waals surface area (Å²) < 4.78 is 51.7. The van der Waals surface area contributed by atoms with E-state index < -0.39 is 17.7 Å². The van der Waals surface area contributed by atoms with Crippen molar-refractivity contribution in [1.82, 2.24) is 4.57 Å². The fourth-order valence-electron chi connectivity index (χ4n) is 1.64. The average molecular weight is 243 g/mol. The van der Waals surface area contributed by atoms with Gasteiger partial charge in [0.1, 0.15) is 11.5 Å². The SMILES string of the molecule is Fc1cccc(Cn2cccc2C(F)(F)F)c1. The second-order valence-electron chi connectivity index (χ2n) is 3.65. The van der Waals surface area contributed by atoms with Gasteiger partial charge in [-0.25, -0.2) is 4.39 Å². The summed E-state index contributed by atoms with van der Waals surface area (Å²) in [6.45, 7) is -0.000394. The molecule has 0 aliphatic rings. The molecule has 5 heteroatoms. The van der Waals surface area contributed by atoms with Crippen LogP contribution in [0.3, 0.4) is 0 Å². The minimum Gasteiger partial charge on any atom is -0.340 e. The van der Waals surface area contributed by atoms with E-state index in [1.54, 1.807) is 6.07 Å². The largest absolute Gasteiger partial charge is 0.431 e. The van der Waals surface area contributed by atoms with E-state index >= 15 is 0 Å². The fourth-order valence-corrected chi connectivity index (χ4v) is 1.64. The van der Waals surface area contributed by atoms with Crippen LogP contribution in [0.15, 0.2) is 42.6 Å². The monoisotopic (exact) mass is 243 g/mol. The second kappa shape index (κ2) is 4.24. The zero-order chi connectivity index (χ0) is 12.5. The molecular weight excluding hydrogens is 234 g/mol. The van der Waals surface area contributed by atoms with Crippen LogP contribution in [0.5, 0.6) is 0 Å². The quantitative estimate of drug-likeness (QED) is 0.709. The zero-order valence-corrected chi connectivity index (χ0v) is 8.71. The summed E-state index contributed by atoms with van der Waals surface area (Å²) >= 11 is 0. The molecule has 0 radical (unpaired) electrons. The van der Waals surface area contributed by atoms with Gasteiger partial charge in [-0.2, -0.15) is 13.2 Å². The molecule has 2 rings (SSSR count). The number of nitrogens with zero attached hydrogens (tertiary/aromatic N) is 1. The Bertz CT molecular complexity index is 513. The molecular formula is C12H9F4N. The van der Waals surface area contributed by atoms with Crippen molar-refractivity contribution in [3.63, 3.8) is 0 Å². The first kappa shape index (κ1) is 11.7. The predicted octanol–water partition coefficient (Wildman–Crippen LogP) is 3.69. The first-order valence-electron chi connectivity index (χ1n) is 4.93. The van der Waals surface area contributed by atoms with Crippen molar-refractivity contribution in [3.05, 3.63) is 59.7 Å². The molecule has 0 atom stereocenters. The minimum absolute atomic E-state index is 0.000394. The zero-order valence-electron chi connectivity index (χ0n) is 8.71. The summed E-state index contributed by atoms with van der Waals surface area (Å²) in [6.07, 6.45) is -3.06. The Hall–Kier alpha value is -1.78. The molecule has 90 valence electrons. The number of hydrogen-bond acceptors (Lipinski definition) is 0. The van der Waals surface area contributed by atoms with Crippen LogP contribution in [-0.4, -0.2) is 4.57 Å². The molecule has 0 N–H and O–H groups in total. The third-order valence-electron chi connectivity index (χ3n) is 2.36. The third kappa shape index (κ3) is 2.67. The molecule has 0 amide bonds. The van der Waals surface area contributed by atoms with Gasteiger partial charge in [0, 0.05) is 12.7 Å². The van der Waals surface area contributed by atoms with Crippen LogP contribution >= 0.6 is 0 Å². The highest BCUT2D eigenvalue weighted by Gasteiger charge is 2.33. The van der Waals surface area contributed by atoms with E-state index in [-0.39, 0.29) is 6.54 Å². The standard InChI is InChI=1S/C12H9F4N/c13-10-4-1-3-9(7-10)8-17-6-2-5-11(17)12(14,15)16/h1-7H,8H2. The predicted molar refractivity (Wildman–Crippen MR) is 54.9 cm³/mol. The maximum Gasteiger partial charge on any atom is 0.431 e. The van der Waals surface area contributed by atoms with Crippen LogP contribution in [-0.2, 0) is 12.7 Å². The molecule has 0 saturated heterocycles. The maximum absolute atomic E-state index is 12.9. The summed E-state index contributed by atoms with van der Waals surface area (Å²) in [7, 11) is 0. The van der Waals surface area contributed by atoms with E-state index in [4.69, 9.17) is 0 Å². The normalized spacial score (nSPS) is 11.8. The van der Waals surface area contributed by atoms with Crippen molar-refractivity contribution < 1.29 is 17.6 Å². The molecule has 1 aromatic carbocycles. The summed E-state index contributed by atoms with van der Waals surface area (Å²) in [5.74, 6) is -0.455. The first-order chi connectivity index (χ1) is 7.97. The molecule has 0 spiro atoms. The van der Waals surface area contributed by atoms with Crippen LogP contribution in [0, 0.1) is 5.82 Å². The molecule has 1 heterocycles. The van der Waals surface area contributed by atoms with Crippen molar-refractivity contribution in [2.24, 2.45) is 0 Å². The van der Waals surface area contributed by atoms with E-state index in [0.29, 0.717) is 5.56 Å².